The number of carbonyl (C=O) groups excluding carboxylic acids is 1. The number of aliphatic hydroxyl groups is 1. The number of nitrogens with zero attached hydrogens (tertiary/aromatic N) is 2. The fourth-order valence-electron chi connectivity index (χ4n) is 2.41. The van der Waals surface area contributed by atoms with Gasteiger partial charge in [0.25, 0.3) is 0 Å². The number of hydrogen-bond acceptors (Lipinski definition) is 4. The Morgan fingerprint density at radius 1 is 0.750 bits per heavy atom. The van der Waals surface area contributed by atoms with E-state index < -0.39 is 29.4 Å². The molecule has 1 atom stereocenters. The minimum absolute atomic E-state index is 0. The number of aromatic nitrogens is 2. The summed E-state index contributed by atoms with van der Waals surface area (Å²) in [5.74, 6) is -2.69. The van der Waals surface area contributed by atoms with E-state index in [-0.39, 0.29) is 26.4 Å². The molecule has 4 nitrogen and oxygen atoms in total. The molecule has 190 valence electrons. The summed E-state index contributed by atoms with van der Waals surface area (Å²) in [5, 5.41) is 9.96. The number of carbonyl (C=O) groups is 1. The second-order valence-corrected chi connectivity index (χ2v) is 9.12. The third-order valence-electron chi connectivity index (χ3n) is 4.12. The standard InChI is InChI=1S/C12H8BrF2NO.C6H2Br2F2.C6H5NO.CH4/c13-9-4-8(10(14)5-11(9)15)12(17)7-2-1-3-16-6-7;7-3-1-4(8)6(10)2-5(3)9;8-5-6-2-1-3-7-4-6;/h1-6,12,17H;1-2H;1-5H;1H4. The smallest absolute Gasteiger partial charge is 0.151 e. The summed E-state index contributed by atoms with van der Waals surface area (Å²) in [7, 11) is 0. The van der Waals surface area contributed by atoms with E-state index in [0.29, 0.717) is 11.1 Å². The molecule has 0 saturated carbocycles. The average molecular weight is 695 g/mol. The lowest BCUT2D eigenvalue weighted by Crippen LogP contribution is -2.03. The van der Waals surface area contributed by atoms with Crippen molar-refractivity contribution in [2.45, 2.75) is 13.5 Å². The molecule has 0 aliphatic heterocycles. The fourth-order valence-corrected chi connectivity index (χ4v) is 3.76. The van der Waals surface area contributed by atoms with Gasteiger partial charge in [-0.05, 0) is 78.1 Å². The van der Waals surface area contributed by atoms with Crippen molar-refractivity contribution in [3.05, 3.63) is 127 Å². The lowest BCUT2D eigenvalue weighted by atomic mass is 10.0. The average Bonchev–Trinajstić information content (AvgIpc) is 2.86. The zero-order valence-electron chi connectivity index (χ0n) is 17.5. The van der Waals surface area contributed by atoms with Gasteiger partial charge in [-0.25, -0.2) is 17.6 Å². The van der Waals surface area contributed by atoms with Crippen LogP contribution < -0.4 is 0 Å². The van der Waals surface area contributed by atoms with Gasteiger partial charge in [0.05, 0.1) is 13.4 Å². The number of aldehydes is 1. The van der Waals surface area contributed by atoms with Crippen LogP contribution in [0.5, 0.6) is 0 Å². The molecule has 2 heterocycles. The van der Waals surface area contributed by atoms with E-state index in [0.717, 1.165) is 18.4 Å². The van der Waals surface area contributed by atoms with Crippen molar-refractivity contribution in [2.75, 3.05) is 0 Å². The van der Waals surface area contributed by atoms with Crippen LogP contribution in [-0.2, 0) is 0 Å². The molecule has 0 bridgehead atoms. The maximum absolute atomic E-state index is 13.5. The summed E-state index contributed by atoms with van der Waals surface area (Å²) in [6.07, 6.45) is 5.74. The number of pyridine rings is 2. The van der Waals surface area contributed by atoms with E-state index in [9.17, 15) is 27.5 Å². The molecule has 4 rings (SSSR count). The van der Waals surface area contributed by atoms with Crippen molar-refractivity contribution in [2.24, 2.45) is 0 Å². The van der Waals surface area contributed by atoms with E-state index in [4.69, 9.17) is 0 Å². The van der Waals surface area contributed by atoms with Crippen molar-refractivity contribution in [1.82, 2.24) is 9.97 Å². The van der Waals surface area contributed by atoms with Crippen molar-refractivity contribution in [1.29, 1.82) is 0 Å². The third kappa shape index (κ3) is 9.53. The van der Waals surface area contributed by atoms with Crippen LogP contribution in [0.25, 0.3) is 0 Å². The van der Waals surface area contributed by atoms with Crippen molar-refractivity contribution < 1.29 is 27.5 Å². The topological polar surface area (TPSA) is 63.1 Å². The monoisotopic (exact) mass is 692 g/mol. The van der Waals surface area contributed by atoms with E-state index in [1.165, 1.54) is 24.5 Å². The number of aliphatic hydroxyl groups excluding tert-OH is 1. The molecular weight excluding hydrogens is 676 g/mol. The summed E-state index contributed by atoms with van der Waals surface area (Å²) in [6.45, 7) is 0. The van der Waals surface area contributed by atoms with Gasteiger partial charge in [-0.3, -0.25) is 14.8 Å². The van der Waals surface area contributed by atoms with Crippen LogP contribution in [-0.4, -0.2) is 21.4 Å². The van der Waals surface area contributed by atoms with Gasteiger partial charge in [-0.15, -0.1) is 0 Å². The minimum atomic E-state index is -1.17. The summed E-state index contributed by atoms with van der Waals surface area (Å²) in [4.78, 5) is 17.5. The molecule has 1 N–H and O–H groups in total. The van der Waals surface area contributed by atoms with Crippen molar-refractivity contribution >= 4 is 54.1 Å². The van der Waals surface area contributed by atoms with E-state index in [1.807, 2.05) is 0 Å². The van der Waals surface area contributed by atoms with E-state index in [1.54, 1.807) is 36.7 Å². The Balaban J connectivity index is 0.000000291. The van der Waals surface area contributed by atoms with Gasteiger partial charge in [-0.1, -0.05) is 13.5 Å². The first-order valence-electron chi connectivity index (χ1n) is 9.51. The molecule has 0 aliphatic carbocycles. The molecule has 0 aliphatic rings. The van der Waals surface area contributed by atoms with Gasteiger partial charge in [0, 0.05) is 53.6 Å². The normalized spacial score (nSPS) is 10.6. The second-order valence-electron chi connectivity index (χ2n) is 6.56. The van der Waals surface area contributed by atoms with Gasteiger partial charge in [0.1, 0.15) is 29.4 Å². The quantitative estimate of drug-likeness (QED) is 0.133. The number of rotatable bonds is 3. The molecule has 1 unspecified atom stereocenters. The first kappa shape index (κ1) is 31.6. The van der Waals surface area contributed by atoms with Crippen LogP contribution in [0.3, 0.4) is 0 Å². The highest BCUT2D eigenvalue weighted by Gasteiger charge is 2.17. The number of benzene rings is 2. The lowest BCUT2D eigenvalue weighted by Gasteiger charge is -2.12. The summed E-state index contributed by atoms with van der Waals surface area (Å²) >= 11 is 8.77. The molecule has 0 spiro atoms. The fraction of sp³-hybridized carbons (Fsp3) is 0.0800. The highest BCUT2D eigenvalue weighted by atomic mass is 79.9. The molecular formula is C25H19Br3F4N2O2. The van der Waals surface area contributed by atoms with Gasteiger partial charge in [0.15, 0.2) is 6.29 Å². The van der Waals surface area contributed by atoms with Gasteiger partial charge in [0.2, 0.25) is 0 Å². The van der Waals surface area contributed by atoms with Gasteiger partial charge >= 0.3 is 0 Å². The Morgan fingerprint density at radius 3 is 1.67 bits per heavy atom. The minimum Gasteiger partial charge on any atom is -0.383 e. The Labute approximate surface area is 230 Å². The zero-order chi connectivity index (χ0) is 26.0. The van der Waals surface area contributed by atoms with Crippen molar-refractivity contribution in [3.8, 4) is 0 Å². The Kier molecular flexibility index (Phi) is 13.7. The summed E-state index contributed by atoms with van der Waals surface area (Å²) in [6, 6.07) is 10.8. The predicted octanol–water partition coefficient (Wildman–Crippen LogP) is 8.22. The number of halogens is 7. The molecule has 11 heteroatoms. The molecule has 2 aromatic carbocycles. The Morgan fingerprint density at radius 2 is 1.25 bits per heavy atom. The van der Waals surface area contributed by atoms with E-state index >= 15 is 0 Å². The highest BCUT2D eigenvalue weighted by Crippen LogP contribution is 2.28. The Bertz CT molecular complexity index is 1220. The molecule has 0 amide bonds. The molecule has 0 saturated heterocycles. The maximum Gasteiger partial charge on any atom is 0.151 e. The third-order valence-corrected chi connectivity index (χ3v) is 5.94. The maximum atomic E-state index is 13.5. The first-order chi connectivity index (χ1) is 16.6. The number of hydrogen-bond donors (Lipinski definition) is 1. The molecule has 0 fully saturated rings. The van der Waals surface area contributed by atoms with Crippen molar-refractivity contribution in [3.63, 3.8) is 0 Å². The lowest BCUT2D eigenvalue weighted by molar-refractivity contribution is 0.112. The molecule has 0 radical (unpaired) electrons. The van der Waals surface area contributed by atoms with Gasteiger partial charge < -0.3 is 5.11 Å². The van der Waals surface area contributed by atoms with Gasteiger partial charge in [-0.2, -0.15) is 0 Å². The summed E-state index contributed by atoms with van der Waals surface area (Å²) in [5.41, 5.74) is 1.07. The van der Waals surface area contributed by atoms with Crippen LogP contribution >= 0.6 is 47.8 Å². The Hall–Kier alpha value is -2.47. The highest BCUT2D eigenvalue weighted by molar-refractivity contribution is 9.11. The van der Waals surface area contributed by atoms with Crippen LogP contribution in [0.4, 0.5) is 17.6 Å². The second kappa shape index (κ2) is 15.6. The van der Waals surface area contributed by atoms with Crippen LogP contribution in [0.2, 0.25) is 0 Å². The predicted molar refractivity (Wildman–Crippen MR) is 140 cm³/mol. The largest absolute Gasteiger partial charge is 0.383 e. The molecule has 4 aromatic rings. The molecule has 36 heavy (non-hydrogen) atoms. The molecule has 2 aromatic heterocycles. The van der Waals surface area contributed by atoms with Crippen LogP contribution in [0, 0.1) is 23.3 Å². The van der Waals surface area contributed by atoms with Crippen LogP contribution in [0.1, 0.15) is 35.0 Å². The zero-order valence-corrected chi connectivity index (χ0v) is 22.2. The van der Waals surface area contributed by atoms with Crippen LogP contribution in [0.15, 0.2) is 86.7 Å². The summed E-state index contributed by atoms with van der Waals surface area (Å²) < 4.78 is 52.1. The first-order valence-corrected chi connectivity index (χ1v) is 11.9. The van der Waals surface area contributed by atoms with E-state index in [2.05, 4.69) is 57.8 Å². The SMILES string of the molecule is C.Fc1cc(F)c(Br)cc1Br.O=Cc1cccnc1.OC(c1cccnc1)c1cc(Br)c(F)cc1F.